The first-order chi connectivity index (χ1) is 6.15. The van der Waals surface area contributed by atoms with Crippen LogP contribution in [0.3, 0.4) is 0 Å². The zero-order valence-corrected chi connectivity index (χ0v) is 10.2. The quantitative estimate of drug-likeness (QED) is 0.783. The van der Waals surface area contributed by atoms with Crippen LogP contribution in [0.2, 0.25) is 0 Å². The first-order valence-corrected chi connectivity index (χ1v) is 5.36. The van der Waals surface area contributed by atoms with Crippen LogP contribution in [-0.4, -0.2) is 12.6 Å². The highest BCUT2D eigenvalue weighted by molar-refractivity contribution is 9.11. The standard InChI is InChI=1S/C9H8Br2O2/c1-2-13-9(12)7-4-3-6(10)5-8(7)11/h3-5H,2H2,1H3. The van der Waals surface area contributed by atoms with E-state index in [9.17, 15) is 4.79 Å². The van der Waals surface area contributed by atoms with Crippen molar-refractivity contribution >= 4 is 37.8 Å². The van der Waals surface area contributed by atoms with Crippen molar-refractivity contribution in [2.45, 2.75) is 6.92 Å². The molecule has 0 aromatic heterocycles. The summed E-state index contributed by atoms with van der Waals surface area (Å²) in [6, 6.07) is 5.33. The summed E-state index contributed by atoms with van der Waals surface area (Å²) in [6.07, 6.45) is 0. The fraction of sp³-hybridized carbons (Fsp3) is 0.222. The van der Waals surface area contributed by atoms with Gasteiger partial charge < -0.3 is 4.74 Å². The number of hydrogen-bond acceptors (Lipinski definition) is 2. The fourth-order valence-electron chi connectivity index (χ4n) is 0.864. The zero-order chi connectivity index (χ0) is 9.84. The number of carbonyl (C=O) groups excluding carboxylic acids is 1. The van der Waals surface area contributed by atoms with E-state index in [0.717, 1.165) is 8.95 Å². The van der Waals surface area contributed by atoms with Crippen molar-refractivity contribution in [1.82, 2.24) is 0 Å². The molecule has 0 aliphatic rings. The Kier molecular flexibility index (Phi) is 3.93. The van der Waals surface area contributed by atoms with Gasteiger partial charge >= 0.3 is 5.97 Å². The Morgan fingerprint density at radius 1 is 1.46 bits per heavy atom. The third kappa shape index (κ3) is 2.81. The molecular formula is C9H8Br2O2. The molecule has 0 fully saturated rings. The number of esters is 1. The van der Waals surface area contributed by atoms with E-state index >= 15 is 0 Å². The first-order valence-electron chi connectivity index (χ1n) is 3.77. The molecular weight excluding hydrogens is 300 g/mol. The van der Waals surface area contributed by atoms with Gasteiger partial charge in [0.15, 0.2) is 0 Å². The summed E-state index contributed by atoms with van der Waals surface area (Å²) in [6.45, 7) is 2.17. The molecule has 1 aromatic carbocycles. The van der Waals surface area contributed by atoms with Gasteiger partial charge in [-0.15, -0.1) is 0 Å². The molecule has 2 nitrogen and oxygen atoms in total. The molecule has 0 aliphatic carbocycles. The summed E-state index contributed by atoms with van der Waals surface area (Å²) in [5.74, 6) is -0.304. The smallest absolute Gasteiger partial charge is 0.339 e. The van der Waals surface area contributed by atoms with Crippen LogP contribution in [0, 0.1) is 0 Å². The Labute approximate surface area is 93.5 Å². The monoisotopic (exact) mass is 306 g/mol. The molecule has 0 N–H and O–H groups in total. The number of hydrogen-bond donors (Lipinski definition) is 0. The van der Waals surface area contributed by atoms with Crippen LogP contribution in [0.1, 0.15) is 17.3 Å². The molecule has 0 saturated carbocycles. The van der Waals surface area contributed by atoms with Gasteiger partial charge in [0.2, 0.25) is 0 Å². The Bertz CT molecular complexity index is 323. The molecule has 0 spiro atoms. The molecule has 0 heterocycles. The van der Waals surface area contributed by atoms with Crippen molar-refractivity contribution in [3.63, 3.8) is 0 Å². The normalized spacial score (nSPS) is 9.77. The zero-order valence-electron chi connectivity index (χ0n) is 7.01. The van der Waals surface area contributed by atoms with E-state index in [4.69, 9.17) is 4.74 Å². The minimum Gasteiger partial charge on any atom is -0.462 e. The molecule has 1 rings (SSSR count). The van der Waals surface area contributed by atoms with Gasteiger partial charge in [-0.1, -0.05) is 15.9 Å². The minimum atomic E-state index is -0.304. The number of rotatable bonds is 2. The van der Waals surface area contributed by atoms with Gasteiger partial charge in [-0.05, 0) is 41.1 Å². The highest BCUT2D eigenvalue weighted by atomic mass is 79.9. The van der Waals surface area contributed by atoms with Crippen molar-refractivity contribution in [2.75, 3.05) is 6.61 Å². The van der Waals surface area contributed by atoms with Crippen molar-refractivity contribution in [3.05, 3.63) is 32.7 Å². The van der Waals surface area contributed by atoms with Gasteiger partial charge in [-0.25, -0.2) is 4.79 Å². The van der Waals surface area contributed by atoms with Gasteiger partial charge in [-0.2, -0.15) is 0 Å². The number of ether oxygens (including phenoxy) is 1. The lowest BCUT2D eigenvalue weighted by Crippen LogP contribution is -2.05. The van der Waals surface area contributed by atoms with Crippen LogP contribution in [0.15, 0.2) is 27.1 Å². The first kappa shape index (κ1) is 10.7. The van der Waals surface area contributed by atoms with E-state index < -0.39 is 0 Å². The molecule has 4 heteroatoms. The van der Waals surface area contributed by atoms with Crippen LogP contribution in [0.5, 0.6) is 0 Å². The minimum absolute atomic E-state index is 0.304. The number of benzene rings is 1. The summed E-state index contributed by atoms with van der Waals surface area (Å²) < 4.78 is 6.52. The predicted molar refractivity (Wildman–Crippen MR) is 57.8 cm³/mol. The van der Waals surface area contributed by atoms with E-state index in [1.54, 1.807) is 19.1 Å². The lowest BCUT2D eigenvalue weighted by molar-refractivity contribution is 0.0525. The average Bonchev–Trinajstić information content (AvgIpc) is 2.04. The van der Waals surface area contributed by atoms with Gasteiger partial charge in [0.1, 0.15) is 0 Å². The lowest BCUT2D eigenvalue weighted by Gasteiger charge is -2.03. The Hall–Kier alpha value is -0.350. The van der Waals surface area contributed by atoms with Gasteiger partial charge in [0.25, 0.3) is 0 Å². The van der Waals surface area contributed by atoms with Crippen LogP contribution in [0.25, 0.3) is 0 Å². The maximum Gasteiger partial charge on any atom is 0.339 e. The SMILES string of the molecule is CCOC(=O)c1ccc(Br)cc1Br. The van der Waals surface area contributed by atoms with Gasteiger partial charge in [0.05, 0.1) is 12.2 Å². The second-order valence-electron chi connectivity index (χ2n) is 2.34. The largest absolute Gasteiger partial charge is 0.462 e. The molecule has 0 amide bonds. The number of carbonyl (C=O) groups is 1. The maximum atomic E-state index is 11.3. The topological polar surface area (TPSA) is 26.3 Å². The summed E-state index contributed by atoms with van der Waals surface area (Å²) in [5.41, 5.74) is 0.546. The molecule has 1 aromatic rings. The third-order valence-electron chi connectivity index (χ3n) is 1.43. The molecule has 0 bridgehead atoms. The van der Waals surface area contributed by atoms with Crippen molar-refractivity contribution < 1.29 is 9.53 Å². The number of halogens is 2. The van der Waals surface area contributed by atoms with E-state index in [1.165, 1.54) is 0 Å². The molecule has 0 unspecified atom stereocenters. The maximum absolute atomic E-state index is 11.3. The average molecular weight is 308 g/mol. The van der Waals surface area contributed by atoms with Crippen LogP contribution >= 0.6 is 31.9 Å². The van der Waals surface area contributed by atoms with Crippen molar-refractivity contribution in [3.8, 4) is 0 Å². The second kappa shape index (κ2) is 4.77. The molecule has 0 aliphatic heterocycles. The molecule has 13 heavy (non-hydrogen) atoms. The summed E-state index contributed by atoms with van der Waals surface area (Å²) in [5, 5.41) is 0. The van der Waals surface area contributed by atoms with E-state index in [-0.39, 0.29) is 5.97 Å². The molecule has 0 radical (unpaired) electrons. The summed E-state index contributed by atoms with van der Waals surface area (Å²) >= 11 is 6.59. The Balaban J connectivity index is 2.95. The summed E-state index contributed by atoms with van der Waals surface area (Å²) in [4.78, 5) is 11.3. The van der Waals surface area contributed by atoms with Crippen molar-refractivity contribution in [2.24, 2.45) is 0 Å². The lowest BCUT2D eigenvalue weighted by atomic mass is 10.2. The van der Waals surface area contributed by atoms with E-state index in [0.29, 0.717) is 12.2 Å². The Morgan fingerprint density at radius 2 is 2.15 bits per heavy atom. The predicted octanol–water partition coefficient (Wildman–Crippen LogP) is 3.39. The molecule has 0 atom stereocenters. The van der Waals surface area contributed by atoms with Gasteiger partial charge in [-0.3, -0.25) is 0 Å². The highest BCUT2D eigenvalue weighted by Crippen LogP contribution is 2.22. The van der Waals surface area contributed by atoms with Crippen LogP contribution in [-0.2, 0) is 4.74 Å². The van der Waals surface area contributed by atoms with E-state index in [2.05, 4.69) is 31.9 Å². The second-order valence-corrected chi connectivity index (χ2v) is 4.11. The van der Waals surface area contributed by atoms with Crippen LogP contribution < -0.4 is 0 Å². The van der Waals surface area contributed by atoms with E-state index in [1.807, 2.05) is 6.07 Å². The Morgan fingerprint density at radius 3 is 2.69 bits per heavy atom. The highest BCUT2D eigenvalue weighted by Gasteiger charge is 2.10. The fourth-order valence-corrected chi connectivity index (χ4v) is 2.07. The van der Waals surface area contributed by atoms with Crippen LogP contribution in [0.4, 0.5) is 0 Å². The molecule has 70 valence electrons. The van der Waals surface area contributed by atoms with Crippen molar-refractivity contribution in [1.29, 1.82) is 0 Å². The molecule has 0 saturated heterocycles. The van der Waals surface area contributed by atoms with Gasteiger partial charge in [0, 0.05) is 8.95 Å². The summed E-state index contributed by atoms with van der Waals surface area (Å²) in [7, 11) is 0. The third-order valence-corrected chi connectivity index (χ3v) is 2.58.